The first-order valence-electron chi connectivity index (χ1n) is 7.48. The molecule has 3 atom stereocenters. The number of likely N-dealkylation sites (tertiary alicyclic amines) is 1. The van der Waals surface area contributed by atoms with Gasteiger partial charge in [0, 0.05) is 31.2 Å². The van der Waals surface area contributed by atoms with Crippen LogP contribution in [0.4, 0.5) is 4.79 Å². The van der Waals surface area contributed by atoms with Crippen LogP contribution < -0.4 is 10.6 Å². The fourth-order valence-corrected chi connectivity index (χ4v) is 3.05. The third-order valence-electron chi connectivity index (χ3n) is 4.26. The van der Waals surface area contributed by atoms with E-state index < -0.39 is 0 Å². The third kappa shape index (κ3) is 3.61. The Morgan fingerprint density at radius 3 is 2.39 bits per heavy atom. The van der Waals surface area contributed by atoms with Crippen molar-refractivity contribution in [2.24, 2.45) is 0 Å². The molecule has 4 nitrogen and oxygen atoms in total. The number of hydrogen-bond donors (Lipinski definition) is 2. The Morgan fingerprint density at radius 2 is 1.78 bits per heavy atom. The van der Waals surface area contributed by atoms with E-state index in [0.717, 1.165) is 38.8 Å². The second-order valence-corrected chi connectivity index (χ2v) is 5.89. The number of urea groups is 1. The maximum atomic E-state index is 12.2. The van der Waals surface area contributed by atoms with Gasteiger partial charge in [-0.15, -0.1) is 0 Å². The molecular formula is C14H27N3O. The van der Waals surface area contributed by atoms with Gasteiger partial charge in [-0.1, -0.05) is 12.8 Å². The molecule has 0 aromatic heterocycles. The molecule has 2 heterocycles. The Hall–Kier alpha value is -0.770. The summed E-state index contributed by atoms with van der Waals surface area (Å²) in [5.41, 5.74) is 0. The lowest BCUT2D eigenvalue weighted by Crippen LogP contribution is -2.57. The highest BCUT2D eigenvalue weighted by atomic mass is 16.2. The average molecular weight is 253 g/mol. The molecule has 0 spiro atoms. The van der Waals surface area contributed by atoms with Gasteiger partial charge in [0.05, 0.1) is 0 Å². The van der Waals surface area contributed by atoms with Crippen molar-refractivity contribution < 1.29 is 4.79 Å². The van der Waals surface area contributed by atoms with Gasteiger partial charge >= 0.3 is 6.03 Å². The number of nitrogens with one attached hydrogen (secondary N) is 2. The third-order valence-corrected chi connectivity index (χ3v) is 4.26. The molecule has 104 valence electrons. The number of amides is 2. The van der Waals surface area contributed by atoms with Gasteiger partial charge < -0.3 is 15.5 Å². The van der Waals surface area contributed by atoms with Gasteiger partial charge in [-0.3, -0.25) is 0 Å². The molecule has 4 heteroatoms. The second kappa shape index (κ2) is 6.41. The molecule has 2 rings (SSSR count). The van der Waals surface area contributed by atoms with Gasteiger partial charge in [0.25, 0.3) is 0 Å². The van der Waals surface area contributed by atoms with E-state index in [9.17, 15) is 4.79 Å². The first-order chi connectivity index (χ1) is 8.66. The Morgan fingerprint density at radius 1 is 1.11 bits per heavy atom. The molecule has 3 unspecified atom stereocenters. The van der Waals surface area contributed by atoms with Crippen molar-refractivity contribution in [2.45, 2.75) is 70.5 Å². The number of piperidine rings is 1. The van der Waals surface area contributed by atoms with Crippen LogP contribution in [0.1, 0.15) is 52.4 Å². The normalized spacial score (nSPS) is 33.9. The summed E-state index contributed by atoms with van der Waals surface area (Å²) in [5, 5.41) is 6.73. The van der Waals surface area contributed by atoms with Crippen molar-refractivity contribution in [3.8, 4) is 0 Å². The second-order valence-electron chi connectivity index (χ2n) is 5.89. The summed E-state index contributed by atoms with van der Waals surface area (Å²) < 4.78 is 0. The van der Waals surface area contributed by atoms with E-state index in [1.54, 1.807) is 0 Å². The number of rotatable bonds is 1. The molecule has 0 saturated carbocycles. The molecule has 0 bridgehead atoms. The largest absolute Gasteiger partial charge is 0.334 e. The maximum absolute atomic E-state index is 12.2. The Balaban J connectivity index is 1.82. The summed E-state index contributed by atoms with van der Waals surface area (Å²) in [6.45, 7) is 6.24. The lowest BCUT2D eigenvalue weighted by Gasteiger charge is -2.35. The molecule has 2 saturated heterocycles. The van der Waals surface area contributed by atoms with Crippen LogP contribution in [0.2, 0.25) is 0 Å². The molecule has 2 N–H and O–H groups in total. The van der Waals surface area contributed by atoms with Gasteiger partial charge in [-0.05, 0) is 39.5 Å². The fraction of sp³-hybridized carbons (Fsp3) is 0.929. The highest BCUT2D eigenvalue weighted by Gasteiger charge is 2.27. The topological polar surface area (TPSA) is 44.4 Å². The molecule has 2 aliphatic heterocycles. The molecule has 0 aromatic rings. The smallest absolute Gasteiger partial charge is 0.317 e. The van der Waals surface area contributed by atoms with Crippen molar-refractivity contribution in [3.05, 3.63) is 0 Å². The summed E-state index contributed by atoms with van der Waals surface area (Å²) in [7, 11) is 0. The van der Waals surface area contributed by atoms with E-state index in [4.69, 9.17) is 0 Å². The van der Waals surface area contributed by atoms with Crippen molar-refractivity contribution in [3.63, 3.8) is 0 Å². The van der Waals surface area contributed by atoms with Crippen molar-refractivity contribution in [1.82, 2.24) is 15.5 Å². The quantitative estimate of drug-likeness (QED) is 0.751. The Labute approximate surface area is 110 Å². The molecule has 0 aromatic carbocycles. The van der Waals surface area contributed by atoms with Crippen LogP contribution in [0.3, 0.4) is 0 Å². The number of carbonyl (C=O) groups is 1. The SMILES string of the molecule is CC1CCC(NC(=O)N2CCCCCC2)C(C)N1. The molecule has 2 aliphatic rings. The monoisotopic (exact) mass is 253 g/mol. The Bertz CT molecular complexity index is 274. The number of carbonyl (C=O) groups excluding carboxylic acids is 1. The molecule has 18 heavy (non-hydrogen) atoms. The van der Waals surface area contributed by atoms with Crippen LogP contribution >= 0.6 is 0 Å². The van der Waals surface area contributed by atoms with Gasteiger partial charge in [0.1, 0.15) is 0 Å². The predicted molar refractivity (Wildman–Crippen MR) is 73.7 cm³/mol. The molecular weight excluding hydrogens is 226 g/mol. The summed E-state index contributed by atoms with van der Waals surface area (Å²) in [6.07, 6.45) is 7.08. The van der Waals surface area contributed by atoms with Crippen LogP contribution in [0, 0.1) is 0 Å². The van der Waals surface area contributed by atoms with E-state index in [2.05, 4.69) is 24.5 Å². The predicted octanol–water partition coefficient (Wildman–Crippen LogP) is 2.10. The molecule has 0 aliphatic carbocycles. The van der Waals surface area contributed by atoms with Crippen molar-refractivity contribution in [1.29, 1.82) is 0 Å². The van der Waals surface area contributed by atoms with Crippen molar-refractivity contribution in [2.75, 3.05) is 13.1 Å². The van der Waals surface area contributed by atoms with E-state index in [-0.39, 0.29) is 12.1 Å². The first-order valence-corrected chi connectivity index (χ1v) is 7.48. The lowest BCUT2D eigenvalue weighted by molar-refractivity contribution is 0.185. The fourth-order valence-electron chi connectivity index (χ4n) is 3.05. The van der Waals surface area contributed by atoms with Gasteiger partial charge in [0.2, 0.25) is 0 Å². The van der Waals surface area contributed by atoms with Crippen LogP contribution in [0.5, 0.6) is 0 Å². The van der Waals surface area contributed by atoms with Crippen molar-refractivity contribution >= 4 is 6.03 Å². The zero-order valence-electron chi connectivity index (χ0n) is 11.7. The van der Waals surface area contributed by atoms with E-state index >= 15 is 0 Å². The number of hydrogen-bond acceptors (Lipinski definition) is 2. The zero-order chi connectivity index (χ0) is 13.0. The van der Waals surface area contributed by atoms with Crippen LogP contribution in [-0.4, -0.2) is 42.1 Å². The van der Waals surface area contributed by atoms with Gasteiger partial charge in [0.15, 0.2) is 0 Å². The lowest BCUT2D eigenvalue weighted by atomic mass is 9.95. The molecule has 2 fully saturated rings. The molecule has 2 amide bonds. The zero-order valence-corrected chi connectivity index (χ0v) is 11.7. The summed E-state index contributed by atoms with van der Waals surface area (Å²) in [5.74, 6) is 0. The van der Waals surface area contributed by atoms with E-state index in [0.29, 0.717) is 12.1 Å². The summed E-state index contributed by atoms with van der Waals surface area (Å²) in [6, 6.07) is 1.39. The van der Waals surface area contributed by atoms with E-state index in [1.807, 2.05) is 4.90 Å². The first kappa shape index (κ1) is 13.7. The minimum atomic E-state index is 0.144. The average Bonchev–Trinajstić information content (AvgIpc) is 2.61. The van der Waals surface area contributed by atoms with Crippen LogP contribution in [0.25, 0.3) is 0 Å². The summed E-state index contributed by atoms with van der Waals surface area (Å²) in [4.78, 5) is 14.2. The van der Waals surface area contributed by atoms with Crippen LogP contribution in [-0.2, 0) is 0 Å². The minimum Gasteiger partial charge on any atom is -0.334 e. The van der Waals surface area contributed by atoms with Crippen LogP contribution in [0.15, 0.2) is 0 Å². The molecule has 0 radical (unpaired) electrons. The highest BCUT2D eigenvalue weighted by Crippen LogP contribution is 2.15. The standard InChI is InChI=1S/C14H27N3O/c1-11-7-8-13(12(2)15-11)16-14(18)17-9-5-3-4-6-10-17/h11-13,15H,3-10H2,1-2H3,(H,16,18). The van der Waals surface area contributed by atoms with Gasteiger partial charge in [-0.2, -0.15) is 0 Å². The maximum Gasteiger partial charge on any atom is 0.317 e. The van der Waals surface area contributed by atoms with Gasteiger partial charge in [-0.25, -0.2) is 4.79 Å². The minimum absolute atomic E-state index is 0.144. The van der Waals surface area contributed by atoms with E-state index in [1.165, 1.54) is 12.8 Å². The highest BCUT2D eigenvalue weighted by molar-refractivity contribution is 5.74. The number of nitrogens with zero attached hydrogens (tertiary/aromatic N) is 1. The Kier molecular flexibility index (Phi) is 4.87. The summed E-state index contributed by atoms with van der Waals surface area (Å²) >= 11 is 0.